The van der Waals surface area contributed by atoms with Gasteiger partial charge in [0.15, 0.2) is 15.8 Å². The second-order valence-electron chi connectivity index (χ2n) is 7.42. The van der Waals surface area contributed by atoms with Crippen LogP contribution in [0.1, 0.15) is 11.1 Å². The maximum atomic E-state index is 13.1. The van der Waals surface area contributed by atoms with Gasteiger partial charge in [0, 0.05) is 24.3 Å². The largest absolute Gasteiger partial charge is 0.493 e. The smallest absolute Gasteiger partial charge is 0.271 e. The maximum absolute atomic E-state index is 13.1. The molecular formula is C24H17N3O7S2. The summed E-state index contributed by atoms with van der Waals surface area (Å²) in [6, 6.07) is 16.9. The number of carbonyl (C=O) groups is 1. The lowest BCUT2D eigenvalue weighted by Gasteiger charge is -2.14. The van der Waals surface area contributed by atoms with E-state index in [-0.39, 0.29) is 22.3 Å². The molecule has 1 aliphatic rings. The van der Waals surface area contributed by atoms with Gasteiger partial charge in [-0.3, -0.25) is 29.9 Å². The second-order valence-corrected chi connectivity index (χ2v) is 9.09. The number of nitro groups is 2. The zero-order valence-corrected chi connectivity index (χ0v) is 20.3. The molecule has 1 saturated heterocycles. The van der Waals surface area contributed by atoms with Crippen molar-refractivity contribution in [1.29, 1.82) is 0 Å². The van der Waals surface area contributed by atoms with Crippen molar-refractivity contribution < 1.29 is 24.1 Å². The van der Waals surface area contributed by atoms with E-state index < -0.39 is 15.8 Å². The molecule has 3 aromatic carbocycles. The first kappa shape index (κ1) is 24.8. The molecule has 3 aromatic rings. The summed E-state index contributed by atoms with van der Waals surface area (Å²) in [4.78, 5) is 35.6. The van der Waals surface area contributed by atoms with Gasteiger partial charge in [0.25, 0.3) is 17.3 Å². The van der Waals surface area contributed by atoms with E-state index in [4.69, 9.17) is 21.7 Å². The molecule has 1 amide bonds. The van der Waals surface area contributed by atoms with Gasteiger partial charge in [-0.15, -0.1) is 0 Å². The van der Waals surface area contributed by atoms with Gasteiger partial charge in [0.2, 0.25) is 0 Å². The standard InChI is InChI=1S/C24H17N3O7S2/c1-33-20-10-7-16(11-21(20)34-14-15-5-8-17(9-6-15)26(29)30)12-22-23(28)25(24(35)36-22)18-3-2-4-19(13-18)27(31)32/h2-13H,14H2,1H3/b22-12+. The van der Waals surface area contributed by atoms with Crippen LogP contribution in [-0.2, 0) is 11.4 Å². The highest BCUT2D eigenvalue weighted by atomic mass is 32.2. The van der Waals surface area contributed by atoms with Gasteiger partial charge in [-0.25, -0.2) is 0 Å². The summed E-state index contributed by atoms with van der Waals surface area (Å²) in [5, 5.41) is 21.9. The number of non-ortho nitro benzene ring substituents is 2. The Morgan fingerprint density at radius 3 is 2.36 bits per heavy atom. The summed E-state index contributed by atoms with van der Waals surface area (Å²) in [5.41, 5.74) is 1.54. The SMILES string of the molecule is COc1ccc(/C=C2/SC(=S)N(c3cccc([N+](=O)[O-])c3)C2=O)cc1OCc1ccc([N+](=O)[O-])cc1. The lowest BCUT2D eigenvalue weighted by atomic mass is 10.1. The molecule has 12 heteroatoms. The lowest BCUT2D eigenvalue weighted by molar-refractivity contribution is -0.385. The van der Waals surface area contributed by atoms with Crippen LogP contribution in [0, 0.1) is 20.2 Å². The summed E-state index contributed by atoms with van der Waals surface area (Å²) in [6.07, 6.45) is 1.65. The van der Waals surface area contributed by atoms with Crippen LogP contribution < -0.4 is 14.4 Å². The van der Waals surface area contributed by atoms with Gasteiger partial charge in [0.1, 0.15) is 6.61 Å². The third-order valence-electron chi connectivity index (χ3n) is 5.12. The summed E-state index contributed by atoms with van der Waals surface area (Å²) >= 11 is 6.45. The topological polar surface area (TPSA) is 125 Å². The number of nitro benzene ring substituents is 2. The molecule has 0 aromatic heterocycles. The van der Waals surface area contributed by atoms with Crippen LogP contribution in [0.4, 0.5) is 17.1 Å². The zero-order valence-electron chi connectivity index (χ0n) is 18.7. The summed E-state index contributed by atoms with van der Waals surface area (Å²) in [7, 11) is 1.50. The number of thioether (sulfide) groups is 1. The molecule has 4 rings (SSSR count). The Balaban J connectivity index is 1.55. The predicted molar refractivity (Wildman–Crippen MR) is 139 cm³/mol. The van der Waals surface area contributed by atoms with Crippen LogP contribution in [0.15, 0.2) is 71.6 Å². The van der Waals surface area contributed by atoms with Crippen LogP contribution >= 0.6 is 24.0 Å². The fourth-order valence-electron chi connectivity index (χ4n) is 3.36. The van der Waals surface area contributed by atoms with Gasteiger partial charge >= 0.3 is 0 Å². The van der Waals surface area contributed by atoms with Crippen molar-refractivity contribution in [3.63, 3.8) is 0 Å². The first-order valence-electron chi connectivity index (χ1n) is 10.3. The third-order valence-corrected chi connectivity index (χ3v) is 6.42. The third kappa shape index (κ3) is 5.34. The van der Waals surface area contributed by atoms with Crippen molar-refractivity contribution >= 4 is 57.3 Å². The summed E-state index contributed by atoms with van der Waals surface area (Å²) in [6.45, 7) is 0.146. The van der Waals surface area contributed by atoms with Crippen molar-refractivity contribution in [2.24, 2.45) is 0 Å². The average Bonchev–Trinajstić information content (AvgIpc) is 3.15. The van der Waals surface area contributed by atoms with E-state index in [0.29, 0.717) is 27.7 Å². The second kappa shape index (κ2) is 10.5. The molecule has 0 unspecified atom stereocenters. The minimum Gasteiger partial charge on any atom is -0.493 e. The Morgan fingerprint density at radius 2 is 1.69 bits per heavy atom. The number of ether oxygens (including phenoxy) is 2. The maximum Gasteiger partial charge on any atom is 0.271 e. The Bertz CT molecular complexity index is 1410. The molecule has 1 heterocycles. The van der Waals surface area contributed by atoms with E-state index >= 15 is 0 Å². The van der Waals surface area contributed by atoms with E-state index in [2.05, 4.69) is 0 Å². The highest BCUT2D eigenvalue weighted by Gasteiger charge is 2.34. The van der Waals surface area contributed by atoms with Crippen LogP contribution in [0.3, 0.4) is 0 Å². The van der Waals surface area contributed by atoms with Gasteiger partial charge in [-0.1, -0.05) is 36.1 Å². The number of nitrogens with zero attached hydrogens (tertiary/aromatic N) is 3. The molecule has 1 fully saturated rings. The summed E-state index contributed by atoms with van der Waals surface area (Å²) < 4.78 is 11.5. The van der Waals surface area contributed by atoms with Crippen molar-refractivity contribution in [3.05, 3.63) is 103 Å². The molecule has 0 aliphatic carbocycles. The first-order valence-corrected chi connectivity index (χ1v) is 11.6. The predicted octanol–water partition coefficient (Wildman–Crippen LogP) is 5.50. The molecular weight excluding hydrogens is 506 g/mol. The van der Waals surface area contributed by atoms with E-state index in [1.165, 1.54) is 42.3 Å². The van der Waals surface area contributed by atoms with Crippen LogP contribution in [0.25, 0.3) is 6.08 Å². The minimum absolute atomic E-state index is 0.0132. The number of carbonyl (C=O) groups excluding carboxylic acids is 1. The minimum atomic E-state index is -0.535. The van der Waals surface area contributed by atoms with Crippen molar-refractivity contribution in [2.75, 3.05) is 12.0 Å². The van der Waals surface area contributed by atoms with Gasteiger partial charge in [0.05, 0.1) is 27.5 Å². The Morgan fingerprint density at radius 1 is 0.972 bits per heavy atom. The fraction of sp³-hybridized carbons (Fsp3) is 0.0833. The van der Waals surface area contributed by atoms with Crippen LogP contribution in [0.5, 0.6) is 11.5 Å². The van der Waals surface area contributed by atoms with Crippen LogP contribution in [-0.4, -0.2) is 27.2 Å². The average molecular weight is 524 g/mol. The van der Waals surface area contributed by atoms with Gasteiger partial charge < -0.3 is 9.47 Å². The van der Waals surface area contributed by atoms with E-state index in [9.17, 15) is 25.0 Å². The molecule has 36 heavy (non-hydrogen) atoms. The number of rotatable bonds is 8. The first-order chi connectivity index (χ1) is 17.3. The monoisotopic (exact) mass is 523 g/mol. The number of benzene rings is 3. The van der Waals surface area contributed by atoms with E-state index in [0.717, 1.165) is 17.3 Å². The Labute approximate surface area is 214 Å². The van der Waals surface area contributed by atoms with Gasteiger partial charge in [-0.05, 0) is 47.5 Å². The Kier molecular flexibility index (Phi) is 7.27. The fourth-order valence-corrected chi connectivity index (χ4v) is 4.66. The quantitative estimate of drug-likeness (QED) is 0.163. The molecule has 0 radical (unpaired) electrons. The number of hydrogen-bond acceptors (Lipinski definition) is 9. The highest BCUT2D eigenvalue weighted by Crippen LogP contribution is 2.38. The molecule has 0 bridgehead atoms. The van der Waals surface area contributed by atoms with Crippen molar-refractivity contribution in [3.8, 4) is 11.5 Å². The number of anilines is 1. The number of thiocarbonyl (C=S) groups is 1. The van der Waals surface area contributed by atoms with E-state index in [1.807, 2.05) is 0 Å². The van der Waals surface area contributed by atoms with Gasteiger partial charge in [-0.2, -0.15) is 0 Å². The normalized spacial score (nSPS) is 14.2. The molecule has 0 saturated carbocycles. The van der Waals surface area contributed by atoms with Crippen molar-refractivity contribution in [2.45, 2.75) is 6.61 Å². The zero-order chi connectivity index (χ0) is 25.8. The summed E-state index contributed by atoms with van der Waals surface area (Å²) in [5.74, 6) is 0.492. The molecule has 182 valence electrons. The molecule has 10 nitrogen and oxygen atoms in total. The number of amides is 1. The van der Waals surface area contributed by atoms with Crippen molar-refractivity contribution in [1.82, 2.24) is 0 Å². The highest BCUT2D eigenvalue weighted by molar-refractivity contribution is 8.27. The molecule has 0 spiro atoms. The molecule has 0 atom stereocenters. The van der Waals surface area contributed by atoms with Crippen LogP contribution in [0.2, 0.25) is 0 Å². The number of hydrogen-bond donors (Lipinski definition) is 0. The molecule has 0 N–H and O–H groups in total. The lowest BCUT2D eigenvalue weighted by Crippen LogP contribution is -2.27. The Hall–Kier alpha value is -4.29. The number of methoxy groups -OCH3 is 1. The van der Waals surface area contributed by atoms with E-state index in [1.54, 1.807) is 42.5 Å². The molecule has 1 aliphatic heterocycles.